The summed E-state index contributed by atoms with van der Waals surface area (Å²) in [5.41, 5.74) is 6.96. The molecule has 3 heteroatoms. The summed E-state index contributed by atoms with van der Waals surface area (Å²) in [6, 6.07) is 0. The molecule has 0 spiro atoms. The molecule has 0 radical (unpaired) electrons. The third-order valence-corrected chi connectivity index (χ3v) is 6.19. The summed E-state index contributed by atoms with van der Waals surface area (Å²) in [6.45, 7) is 12.6. The standard InChI is InChI=1S/C17H34N2O/c1-13-6-9-19(11-15(13)20-5)17(12-18)8-7-16(3,4)10-14(17)2/h13-15H,6-12,18H2,1-5H3. The Morgan fingerprint density at radius 2 is 1.95 bits per heavy atom. The molecule has 1 saturated heterocycles. The van der Waals surface area contributed by atoms with Gasteiger partial charge in [0.1, 0.15) is 0 Å². The normalized spacial score (nSPS) is 42.6. The largest absolute Gasteiger partial charge is 0.380 e. The Morgan fingerprint density at radius 1 is 1.25 bits per heavy atom. The molecule has 1 aliphatic heterocycles. The van der Waals surface area contributed by atoms with Crippen molar-refractivity contribution in [2.75, 3.05) is 26.7 Å². The van der Waals surface area contributed by atoms with Crippen molar-refractivity contribution in [3.63, 3.8) is 0 Å². The second kappa shape index (κ2) is 5.94. The van der Waals surface area contributed by atoms with Crippen molar-refractivity contribution >= 4 is 0 Å². The number of rotatable bonds is 3. The molecule has 20 heavy (non-hydrogen) atoms. The van der Waals surface area contributed by atoms with Crippen molar-refractivity contribution in [1.29, 1.82) is 0 Å². The molecule has 0 amide bonds. The second-order valence-electron chi connectivity index (χ2n) is 8.06. The van der Waals surface area contributed by atoms with Crippen molar-refractivity contribution < 1.29 is 4.74 Å². The third kappa shape index (κ3) is 2.90. The highest BCUT2D eigenvalue weighted by Gasteiger charge is 2.48. The van der Waals surface area contributed by atoms with Crippen LogP contribution in [0.25, 0.3) is 0 Å². The highest BCUT2D eigenvalue weighted by Crippen LogP contribution is 2.47. The molecule has 2 aliphatic rings. The van der Waals surface area contributed by atoms with Crippen LogP contribution in [0.15, 0.2) is 0 Å². The molecule has 1 heterocycles. The zero-order valence-corrected chi connectivity index (χ0v) is 14.1. The minimum absolute atomic E-state index is 0.201. The summed E-state index contributed by atoms with van der Waals surface area (Å²) in [6.07, 6.45) is 5.42. The lowest BCUT2D eigenvalue weighted by atomic mass is 9.62. The van der Waals surface area contributed by atoms with Crippen LogP contribution >= 0.6 is 0 Å². The number of hydrogen-bond donors (Lipinski definition) is 1. The van der Waals surface area contributed by atoms with Gasteiger partial charge in [-0.05, 0) is 49.5 Å². The Balaban J connectivity index is 2.15. The molecule has 118 valence electrons. The van der Waals surface area contributed by atoms with E-state index in [-0.39, 0.29) is 5.54 Å². The lowest BCUT2D eigenvalue weighted by Gasteiger charge is -2.56. The van der Waals surface area contributed by atoms with E-state index in [0.717, 1.165) is 13.1 Å². The van der Waals surface area contributed by atoms with E-state index < -0.39 is 0 Å². The molecule has 0 aromatic rings. The minimum atomic E-state index is 0.201. The van der Waals surface area contributed by atoms with Gasteiger partial charge in [-0.3, -0.25) is 4.90 Å². The average Bonchev–Trinajstić information content (AvgIpc) is 2.40. The molecular weight excluding hydrogens is 248 g/mol. The van der Waals surface area contributed by atoms with E-state index in [1.807, 2.05) is 7.11 Å². The first-order valence-corrected chi connectivity index (χ1v) is 8.32. The molecule has 2 N–H and O–H groups in total. The number of piperidine rings is 1. The van der Waals surface area contributed by atoms with Gasteiger partial charge in [0.25, 0.3) is 0 Å². The van der Waals surface area contributed by atoms with Crippen molar-refractivity contribution in [3.8, 4) is 0 Å². The van der Waals surface area contributed by atoms with E-state index >= 15 is 0 Å². The summed E-state index contributed by atoms with van der Waals surface area (Å²) < 4.78 is 5.71. The van der Waals surface area contributed by atoms with E-state index in [1.54, 1.807) is 0 Å². The van der Waals surface area contributed by atoms with Gasteiger partial charge in [-0.25, -0.2) is 0 Å². The Bertz CT molecular complexity index is 331. The highest BCUT2D eigenvalue weighted by molar-refractivity contribution is 5.03. The summed E-state index contributed by atoms with van der Waals surface area (Å²) in [5, 5.41) is 0. The molecule has 1 aliphatic carbocycles. The van der Waals surface area contributed by atoms with Crippen molar-refractivity contribution in [1.82, 2.24) is 4.90 Å². The number of hydrogen-bond acceptors (Lipinski definition) is 3. The van der Waals surface area contributed by atoms with Gasteiger partial charge in [0, 0.05) is 25.7 Å². The van der Waals surface area contributed by atoms with Crippen molar-refractivity contribution in [3.05, 3.63) is 0 Å². The molecule has 0 aromatic carbocycles. The van der Waals surface area contributed by atoms with Crippen LogP contribution in [0, 0.1) is 17.3 Å². The Hall–Kier alpha value is -0.120. The fourth-order valence-corrected chi connectivity index (χ4v) is 4.57. The maximum absolute atomic E-state index is 6.29. The van der Waals surface area contributed by atoms with Crippen LogP contribution < -0.4 is 5.73 Å². The molecule has 0 bridgehead atoms. The van der Waals surface area contributed by atoms with Gasteiger partial charge in [-0.15, -0.1) is 0 Å². The van der Waals surface area contributed by atoms with Crippen LogP contribution in [0.1, 0.15) is 53.4 Å². The van der Waals surface area contributed by atoms with Crippen LogP contribution in [0.4, 0.5) is 0 Å². The number of nitrogens with two attached hydrogens (primary N) is 1. The fourth-order valence-electron chi connectivity index (χ4n) is 4.57. The highest BCUT2D eigenvalue weighted by atomic mass is 16.5. The lowest BCUT2D eigenvalue weighted by molar-refractivity contribution is -0.0845. The maximum Gasteiger partial charge on any atom is 0.0724 e. The van der Waals surface area contributed by atoms with Crippen molar-refractivity contribution in [2.24, 2.45) is 23.0 Å². The van der Waals surface area contributed by atoms with E-state index in [1.165, 1.54) is 32.2 Å². The van der Waals surface area contributed by atoms with Gasteiger partial charge in [0.2, 0.25) is 0 Å². The van der Waals surface area contributed by atoms with Crippen molar-refractivity contribution in [2.45, 2.75) is 65.0 Å². The van der Waals surface area contributed by atoms with Crippen LogP contribution in [0.2, 0.25) is 0 Å². The van der Waals surface area contributed by atoms with Gasteiger partial charge in [0.05, 0.1) is 6.10 Å². The lowest BCUT2D eigenvalue weighted by Crippen LogP contribution is -2.64. The number of ether oxygens (including phenoxy) is 1. The van der Waals surface area contributed by atoms with E-state index in [4.69, 9.17) is 10.5 Å². The van der Waals surface area contributed by atoms with E-state index in [0.29, 0.717) is 23.4 Å². The summed E-state index contributed by atoms with van der Waals surface area (Å²) in [7, 11) is 1.85. The number of likely N-dealkylation sites (tertiary alicyclic amines) is 1. The molecular formula is C17H34N2O. The number of methoxy groups -OCH3 is 1. The van der Waals surface area contributed by atoms with Gasteiger partial charge in [0.15, 0.2) is 0 Å². The fraction of sp³-hybridized carbons (Fsp3) is 1.00. The summed E-state index contributed by atoms with van der Waals surface area (Å²) >= 11 is 0. The summed E-state index contributed by atoms with van der Waals surface area (Å²) in [5.74, 6) is 1.34. The van der Waals surface area contributed by atoms with Gasteiger partial charge < -0.3 is 10.5 Å². The second-order valence-corrected chi connectivity index (χ2v) is 8.06. The van der Waals surface area contributed by atoms with Gasteiger partial charge >= 0.3 is 0 Å². The topological polar surface area (TPSA) is 38.5 Å². The smallest absolute Gasteiger partial charge is 0.0724 e. The van der Waals surface area contributed by atoms with Crippen LogP contribution in [-0.2, 0) is 4.74 Å². The first-order chi connectivity index (χ1) is 9.34. The molecule has 2 fully saturated rings. The average molecular weight is 282 g/mol. The molecule has 3 nitrogen and oxygen atoms in total. The predicted octanol–water partition coefficient (Wildman–Crippen LogP) is 2.89. The van der Waals surface area contributed by atoms with Gasteiger partial charge in [-0.1, -0.05) is 27.7 Å². The van der Waals surface area contributed by atoms with E-state index in [2.05, 4.69) is 32.6 Å². The van der Waals surface area contributed by atoms with E-state index in [9.17, 15) is 0 Å². The first kappa shape index (κ1) is 16.3. The van der Waals surface area contributed by atoms with Crippen LogP contribution in [-0.4, -0.2) is 43.3 Å². The van der Waals surface area contributed by atoms with Gasteiger partial charge in [-0.2, -0.15) is 0 Å². The Morgan fingerprint density at radius 3 is 2.50 bits per heavy atom. The minimum Gasteiger partial charge on any atom is -0.380 e. The predicted molar refractivity (Wildman–Crippen MR) is 84.7 cm³/mol. The Labute approximate surface area is 125 Å². The molecule has 4 unspecified atom stereocenters. The zero-order valence-electron chi connectivity index (χ0n) is 14.1. The van der Waals surface area contributed by atoms with Crippen LogP contribution in [0.5, 0.6) is 0 Å². The van der Waals surface area contributed by atoms with Crippen LogP contribution in [0.3, 0.4) is 0 Å². The monoisotopic (exact) mass is 282 g/mol. The quantitative estimate of drug-likeness (QED) is 0.865. The SMILES string of the molecule is COC1CN(C2(CN)CCC(C)(C)CC2C)CCC1C. The molecule has 4 atom stereocenters. The number of nitrogens with zero attached hydrogens (tertiary/aromatic N) is 1. The third-order valence-electron chi connectivity index (χ3n) is 6.19. The summed E-state index contributed by atoms with van der Waals surface area (Å²) in [4.78, 5) is 2.67. The first-order valence-electron chi connectivity index (χ1n) is 8.32. The Kier molecular flexibility index (Phi) is 4.83. The molecule has 2 rings (SSSR count). The zero-order chi connectivity index (χ0) is 15.0. The maximum atomic E-state index is 6.29. The molecule has 1 saturated carbocycles. The molecule has 0 aromatic heterocycles.